The maximum atomic E-state index is 12.7. The van der Waals surface area contributed by atoms with Crippen LogP contribution >= 0.6 is 0 Å². The van der Waals surface area contributed by atoms with Crippen LogP contribution in [-0.2, 0) is 16.0 Å². The Balaban J connectivity index is 2.46. The molecule has 0 heterocycles. The van der Waals surface area contributed by atoms with E-state index < -0.39 is 30.6 Å². The zero-order valence-electron chi connectivity index (χ0n) is 11.5. The number of aliphatic hydroxyl groups is 1. The predicted molar refractivity (Wildman–Crippen MR) is 74.0 cm³/mol. The topological polar surface area (TPSA) is 113 Å². The molecule has 0 aliphatic rings. The van der Waals surface area contributed by atoms with Crippen LogP contribution in [0, 0.1) is 5.82 Å². The minimum Gasteiger partial charge on any atom is -0.480 e. The Kier molecular flexibility index (Phi) is 6.77. The van der Waals surface area contributed by atoms with E-state index in [4.69, 9.17) is 15.9 Å². The molecular weight excluding hydrogens is 279 g/mol. The standard InChI is InChI=1S/C14H19FN2O4/c15-10-6-4-9(5-7-10)2-1-3-12(14(20)21)17-13(19)11(16)8-18/h4-7,11-12,18H,1-3,8,16H2,(H,17,19)(H,20,21)/t11-,12?/m0/s1. The highest BCUT2D eigenvalue weighted by atomic mass is 19.1. The molecule has 116 valence electrons. The maximum absolute atomic E-state index is 12.7. The van der Waals surface area contributed by atoms with Crippen molar-refractivity contribution >= 4 is 11.9 Å². The smallest absolute Gasteiger partial charge is 0.326 e. The van der Waals surface area contributed by atoms with Crippen LogP contribution in [0.3, 0.4) is 0 Å². The SMILES string of the molecule is N[C@@H](CO)C(=O)NC(CCCc1ccc(F)cc1)C(=O)O. The maximum Gasteiger partial charge on any atom is 0.326 e. The van der Waals surface area contributed by atoms with Gasteiger partial charge < -0.3 is 21.3 Å². The summed E-state index contributed by atoms with van der Waals surface area (Å²) in [5.74, 6) is -2.19. The van der Waals surface area contributed by atoms with Gasteiger partial charge in [0.2, 0.25) is 5.91 Å². The number of halogens is 1. The third-order valence-electron chi connectivity index (χ3n) is 3.02. The Labute approximate surface area is 121 Å². The molecule has 0 spiro atoms. The third kappa shape index (κ3) is 5.88. The Hall–Kier alpha value is -1.99. The van der Waals surface area contributed by atoms with E-state index in [1.165, 1.54) is 12.1 Å². The van der Waals surface area contributed by atoms with E-state index >= 15 is 0 Å². The molecule has 21 heavy (non-hydrogen) atoms. The van der Waals surface area contributed by atoms with Gasteiger partial charge in [0.25, 0.3) is 0 Å². The number of carbonyl (C=O) groups excluding carboxylic acids is 1. The van der Waals surface area contributed by atoms with Gasteiger partial charge in [-0.3, -0.25) is 4.79 Å². The Morgan fingerprint density at radius 1 is 1.29 bits per heavy atom. The molecule has 5 N–H and O–H groups in total. The lowest BCUT2D eigenvalue weighted by Crippen LogP contribution is -2.49. The summed E-state index contributed by atoms with van der Waals surface area (Å²) >= 11 is 0. The number of amides is 1. The Morgan fingerprint density at radius 2 is 1.90 bits per heavy atom. The van der Waals surface area contributed by atoms with Crippen molar-refractivity contribution in [3.8, 4) is 0 Å². The highest BCUT2D eigenvalue weighted by Gasteiger charge is 2.22. The first kappa shape index (κ1) is 17.1. The number of carboxylic acid groups (broad SMARTS) is 1. The molecule has 1 rings (SSSR count). The zero-order valence-corrected chi connectivity index (χ0v) is 11.5. The summed E-state index contributed by atoms with van der Waals surface area (Å²) < 4.78 is 12.7. The fraction of sp³-hybridized carbons (Fsp3) is 0.429. The highest BCUT2D eigenvalue weighted by molar-refractivity contribution is 5.86. The molecule has 0 fully saturated rings. The minimum absolute atomic E-state index is 0.219. The summed E-state index contributed by atoms with van der Waals surface area (Å²) in [5, 5.41) is 20.1. The van der Waals surface area contributed by atoms with E-state index in [0.717, 1.165) is 5.56 Å². The lowest BCUT2D eigenvalue weighted by Gasteiger charge is -2.16. The molecule has 1 aromatic rings. The summed E-state index contributed by atoms with van der Waals surface area (Å²) in [6.07, 6.45) is 1.31. The number of aryl methyl sites for hydroxylation is 1. The molecule has 0 aliphatic heterocycles. The number of aliphatic carboxylic acids is 1. The summed E-state index contributed by atoms with van der Waals surface area (Å²) in [7, 11) is 0. The van der Waals surface area contributed by atoms with E-state index in [9.17, 15) is 14.0 Å². The average Bonchev–Trinajstić information content (AvgIpc) is 2.46. The molecular formula is C14H19FN2O4. The number of carbonyl (C=O) groups is 2. The van der Waals surface area contributed by atoms with Crippen molar-refractivity contribution in [1.82, 2.24) is 5.32 Å². The number of carboxylic acids is 1. The number of nitrogens with one attached hydrogen (secondary N) is 1. The predicted octanol–water partition coefficient (Wildman–Crippen LogP) is 0.0374. The number of benzene rings is 1. The number of rotatable bonds is 8. The average molecular weight is 298 g/mol. The third-order valence-corrected chi connectivity index (χ3v) is 3.02. The molecule has 0 saturated carbocycles. The Morgan fingerprint density at radius 3 is 2.43 bits per heavy atom. The van der Waals surface area contributed by atoms with Crippen LogP contribution in [0.2, 0.25) is 0 Å². The zero-order chi connectivity index (χ0) is 15.8. The molecule has 2 atom stereocenters. The summed E-state index contributed by atoms with van der Waals surface area (Å²) in [5.41, 5.74) is 6.20. The van der Waals surface area contributed by atoms with E-state index in [2.05, 4.69) is 5.32 Å². The number of aliphatic hydroxyl groups excluding tert-OH is 1. The van der Waals surface area contributed by atoms with E-state index in [1.807, 2.05) is 0 Å². The van der Waals surface area contributed by atoms with Gasteiger partial charge in [-0.1, -0.05) is 12.1 Å². The van der Waals surface area contributed by atoms with Crippen molar-refractivity contribution < 1.29 is 24.2 Å². The molecule has 7 heteroatoms. The molecule has 0 saturated heterocycles. The number of nitrogens with two attached hydrogens (primary N) is 1. The van der Waals surface area contributed by atoms with Gasteiger partial charge >= 0.3 is 5.97 Å². The van der Waals surface area contributed by atoms with Crippen molar-refractivity contribution in [2.45, 2.75) is 31.3 Å². The van der Waals surface area contributed by atoms with Gasteiger partial charge in [-0.2, -0.15) is 0 Å². The summed E-state index contributed by atoms with van der Waals surface area (Å²) in [6.45, 7) is -0.548. The van der Waals surface area contributed by atoms with Crippen LogP contribution in [0.15, 0.2) is 24.3 Å². The van der Waals surface area contributed by atoms with Crippen LogP contribution in [0.5, 0.6) is 0 Å². The van der Waals surface area contributed by atoms with Crippen molar-refractivity contribution in [2.75, 3.05) is 6.61 Å². The molecule has 0 aromatic heterocycles. The van der Waals surface area contributed by atoms with Gasteiger partial charge in [0.1, 0.15) is 17.9 Å². The number of hydrogen-bond donors (Lipinski definition) is 4. The first-order chi connectivity index (χ1) is 9.93. The largest absolute Gasteiger partial charge is 0.480 e. The second kappa shape index (κ2) is 8.33. The lowest BCUT2D eigenvalue weighted by atomic mass is 10.0. The van der Waals surface area contributed by atoms with Gasteiger partial charge in [0.05, 0.1) is 6.61 Å². The van der Waals surface area contributed by atoms with Crippen LogP contribution in [0.4, 0.5) is 4.39 Å². The van der Waals surface area contributed by atoms with E-state index in [-0.39, 0.29) is 12.2 Å². The molecule has 1 amide bonds. The van der Waals surface area contributed by atoms with Gasteiger partial charge in [-0.05, 0) is 37.0 Å². The molecule has 1 aromatic carbocycles. The van der Waals surface area contributed by atoms with Crippen LogP contribution < -0.4 is 11.1 Å². The van der Waals surface area contributed by atoms with Gasteiger partial charge in [0.15, 0.2) is 0 Å². The second-order valence-corrected chi connectivity index (χ2v) is 4.71. The first-order valence-corrected chi connectivity index (χ1v) is 6.58. The van der Waals surface area contributed by atoms with Crippen molar-refractivity contribution in [2.24, 2.45) is 5.73 Å². The molecule has 0 radical (unpaired) electrons. The molecule has 6 nitrogen and oxygen atoms in total. The molecule has 0 aliphatic carbocycles. The van der Waals surface area contributed by atoms with Crippen LogP contribution in [-0.4, -0.2) is 40.8 Å². The summed E-state index contributed by atoms with van der Waals surface area (Å²) in [4.78, 5) is 22.5. The van der Waals surface area contributed by atoms with Gasteiger partial charge in [-0.15, -0.1) is 0 Å². The second-order valence-electron chi connectivity index (χ2n) is 4.71. The quantitative estimate of drug-likeness (QED) is 0.541. The van der Waals surface area contributed by atoms with Gasteiger partial charge in [-0.25, -0.2) is 9.18 Å². The van der Waals surface area contributed by atoms with Gasteiger partial charge in [0, 0.05) is 0 Å². The van der Waals surface area contributed by atoms with Crippen molar-refractivity contribution in [1.29, 1.82) is 0 Å². The number of hydrogen-bond acceptors (Lipinski definition) is 4. The van der Waals surface area contributed by atoms with Crippen LogP contribution in [0.1, 0.15) is 18.4 Å². The molecule has 0 bridgehead atoms. The fourth-order valence-corrected chi connectivity index (χ4v) is 1.78. The molecule has 1 unspecified atom stereocenters. The first-order valence-electron chi connectivity index (χ1n) is 6.58. The Bertz CT molecular complexity index is 478. The lowest BCUT2D eigenvalue weighted by molar-refractivity contribution is -0.142. The monoisotopic (exact) mass is 298 g/mol. The van der Waals surface area contributed by atoms with Crippen LogP contribution in [0.25, 0.3) is 0 Å². The summed E-state index contributed by atoms with van der Waals surface area (Å²) in [6, 6.07) is 3.74. The van der Waals surface area contributed by atoms with Crippen molar-refractivity contribution in [3.63, 3.8) is 0 Å². The highest BCUT2D eigenvalue weighted by Crippen LogP contribution is 2.08. The van der Waals surface area contributed by atoms with Crippen molar-refractivity contribution in [3.05, 3.63) is 35.6 Å². The van der Waals surface area contributed by atoms with E-state index in [1.54, 1.807) is 12.1 Å². The normalized spacial score (nSPS) is 13.5. The minimum atomic E-state index is -1.16. The van der Waals surface area contributed by atoms with E-state index in [0.29, 0.717) is 12.8 Å². The fourth-order valence-electron chi connectivity index (χ4n) is 1.78.